The van der Waals surface area contributed by atoms with Crippen molar-refractivity contribution >= 4 is 24.4 Å². The van der Waals surface area contributed by atoms with E-state index in [1.165, 1.54) is 4.90 Å². The van der Waals surface area contributed by atoms with Crippen LogP contribution in [0.1, 0.15) is 54.0 Å². The lowest BCUT2D eigenvalue weighted by molar-refractivity contribution is 0.00578. The SMILES string of the molecule is CC(C)(C)C1Cc2ccc(B3OC(C)(C)C(C)(C)O3)cc2N1C(=O)O. The maximum atomic E-state index is 11.9. The van der Waals surface area contributed by atoms with Gasteiger partial charge in [0.15, 0.2) is 0 Å². The third-order valence-corrected chi connectivity index (χ3v) is 5.82. The monoisotopic (exact) mass is 345 g/mol. The predicted octanol–water partition coefficient (Wildman–Crippen LogP) is 3.44. The van der Waals surface area contributed by atoms with Gasteiger partial charge in [-0.15, -0.1) is 0 Å². The first-order valence-electron chi connectivity index (χ1n) is 8.84. The Balaban J connectivity index is 1.97. The number of hydrogen-bond donors (Lipinski definition) is 1. The smallest absolute Gasteiger partial charge is 0.465 e. The molecule has 136 valence electrons. The highest BCUT2D eigenvalue weighted by Gasteiger charge is 2.52. The van der Waals surface area contributed by atoms with Gasteiger partial charge >= 0.3 is 13.2 Å². The molecule has 1 aromatic carbocycles. The van der Waals surface area contributed by atoms with Crippen molar-refractivity contribution in [2.75, 3.05) is 4.90 Å². The zero-order chi connectivity index (χ0) is 18.8. The minimum atomic E-state index is -0.912. The third-order valence-electron chi connectivity index (χ3n) is 5.82. The first kappa shape index (κ1) is 18.3. The van der Waals surface area contributed by atoms with E-state index in [0.717, 1.165) is 23.1 Å². The van der Waals surface area contributed by atoms with Crippen LogP contribution in [-0.2, 0) is 15.7 Å². The highest BCUT2D eigenvalue weighted by molar-refractivity contribution is 6.62. The Morgan fingerprint density at radius 1 is 1.20 bits per heavy atom. The van der Waals surface area contributed by atoms with Gasteiger partial charge in [-0.2, -0.15) is 0 Å². The van der Waals surface area contributed by atoms with Crippen LogP contribution in [0.15, 0.2) is 18.2 Å². The van der Waals surface area contributed by atoms with Gasteiger partial charge in [-0.25, -0.2) is 4.79 Å². The molecule has 0 aliphatic carbocycles. The van der Waals surface area contributed by atoms with E-state index in [2.05, 4.69) is 20.8 Å². The highest BCUT2D eigenvalue weighted by atomic mass is 16.7. The van der Waals surface area contributed by atoms with E-state index < -0.39 is 24.4 Å². The van der Waals surface area contributed by atoms with Crippen molar-refractivity contribution < 1.29 is 19.2 Å². The van der Waals surface area contributed by atoms with Crippen LogP contribution in [0.25, 0.3) is 0 Å². The van der Waals surface area contributed by atoms with Gasteiger partial charge < -0.3 is 14.4 Å². The molecule has 6 heteroatoms. The second-order valence-corrected chi connectivity index (χ2v) is 9.21. The molecule has 0 aromatic heterocycles. The summed E-state index contributed by atoms with van der Waals surface area (Å²) in [5.41, 5.74) is 1.69. The molecule has 1 N–H and O–H groups in total. The minimum absolute atomic E-state index is 0.0754. The first-order valence-corrected chi connectivity index (χ1v) is 8.84. The molecule has 0 bridgehead atoms. The number of carboxylic acid groups (broad SMARTS) is 1. The summed E-state index contributed by atoms with van der Waals surface area (Å²) >= 11 is 0. The summed E-state index contributed by atoms with van der Waals surface area (Å²) in [6, 6.07) is 5.84. The fourth-order valence-corrected chi connectivity index (χ4v) is 3.50. The Morgan fingerprint density at radius 3 is 2.24 bits per heavy atom. The van der Waals surface area contributed by atoms with E-state index in [1.54, 1.807) is 0 Å². The second-order valence-electron chi connectivity index (χ2n) is 9.21. The number of benzene rings is 1. The molecule has 2 heterocycles. The van der Waals surface area contributed by atoms with Crippen LogP contribution >= 0.6 is 0 Å². The average Bonchev–Trinajstić information content (AvgIpc) is 2.93. The number of amides is 1. The summed E-state index contributed by atoms with van der Waals surface area (Å²) in [5.74, 6) is 0. The Morgan fingerprint density at radius 2 is 1.76 bits per heavy atom. The number of fused-ring (bicyclic) bond motifs is 1. The van der Waals surface area contributed by atoms with E-state index >= 15 is 0 Å². The van der Waals surface area contributed by atoms with Gasteiger partial charge in [-0.1, -0.05) is 32.9 Å². The molecule has 0 spiro atoms. The van der Waals surface area contributed by atoms with Crippen LogP contribution in [0, 0.1) is 5.41 Å². The van der Waals surface area contributed by atoms with Crippen molar-refractivity contribution in [3.05, 3.63) is 23.8 Å². The summed E-state index contributed by atoms with van der Waals surface area (Å²) in [6.45, 7) is 14.3. The molecule has 1 amide bonds. The van der Waals surface area contributed by atoms with Gasteiger partial charge in [-0.3, -0.25) is 4.90 Å². The molecule has 25 heavy (non-hydrogen) atoms. The zero-order valence-corrected chi connectivity index (χ0v) is 16.2. The fraction of sp³-hybridized carbons (Fsp3) is 0.632. The van der Waals surface area contributed by atoms with E-state index in [0.29, 0.717) is 0 Å². The number of carbonyl (C=O) groups is 1. The maximum Gasteiger partial charge on any atom is 0.494 e. The zero-order valence-electron chi connectivity index (χ0n) is 16.2. The maximum absolute atomic E-state index is 11.9. The summed E-state index contributed by atoms with van der Waals surface area (Å²) in [7, 11) is -0.486. The van der Waals surface area contributed by atoms with Gasteiger partial charge in [0.1, 0.15) is 0 Å². The third kappa shape index (κ3) is 2.95. The Kier molecular flexibility index (Phi) is 4.01. The number of nitrogens with zero attached hydrogens (tertiary/aromatic N) is 1. The topological polar surface area (TPSA) is 59.0 Å². The average molecular weight is 345 g/mol. The Labute approximate surface area is 150 Å². The standard InChI is InChI=1S/C19H28BNO4/c1-17(2,3)15-10-12-8-9-13(11-14(12)21(15)16(22)23)20-24-18(4,5)19(6,7)25-20/h8-9,11,15H,10H2,1-7H3,(H,22,23). The summed E-state index contributed by atoms with van der Waals surface area (Å²) in [4.78, 5) is 13.4. The molecule has 1 saturated heterocycles. The van der Waals surface area contributed by atoms with Crippen LogP contribution < -0.4 is 10.4 Å². The number of hydrogen-bond acceptors (Lipinski definition) is 3. The van der Waals surface area contributed by atoms with Crippen molar-refractivity contribution in [2.24, 2.45) is 5.41 Å². The van der Waals surface area contributed by atoms with Gasteiger partial charge in [0.2, 0.25) is 0 Å². The lowest BCUT2D eigenvalue weighted by Gasteiger charge is -2.33. The largest absolute Gasteiger partial charge is 0.494 e. The summed E-state index contributed by atoms with van der Waals surface area (Å²) < 4.78 is 12.2. The summed E-state index contributed by atoms with van der Waals surface area (Å²) in [6.07, 6.45) is -0.181. The molecule has 0 saturated carbocycles. The van der Waals surface area contributed by atoms with E-state index in [4.69, 9.17) is 9.31 Å². The van der Waals surface area contributed by atoms with Crippen molar-refractivity contribution in [3.63, 3.8) is 0 Å². The quantitative estimate of drug-likeness (QED) is 0.792. The van der Waals surface area contributed by atoms with Crippen molar-refractivity contribution in [1.29, 1.82) is 0 Å². The highest BCUT2D eigenvalue weighted by Crippen LogP contribution is 2.41. The van der Waals surface area contributed by atoms with Crippen LogP contribution in [0.4, 0.5) is 10.5 Å². The van der Waals surface area contributed by atoms with Crippen molar-refractivity contribution in [2.45, 2.75) is 72.1 Å². The molecule has 1 atom stereocenters. The summed E-state index contributed by atoms with van der Waals surface area (Å²) in [5, 5.41) is 9.78. The minimum Gasteiger partial charge on any atom is -0.465 e. The number of anilines is 1. The van der Waals surface area contributed by atoms with Crippen LogP contribution in [0.5, 0.6) is 0 Å². The van der Waals surface area contributed by atoms with Gasteiger partial charge in [0, 0.05) is 6.04 Å². The lowest BCUT2D eigenvalue weighted by Crippen LogP contribution is -2.45. The molecule has 5 nitrogen and oxygen atoms in total. The van der Waals surface area contributed by atoms with Crippen molar-refractivity contribution in [3.8, 4) is 0 Å². The lowest BCUT2D eigenvalue weighted by atomic mass is 9.78. The molecule has 2 aliphatic heterocycles. The Hall–Kier alpha value is -1.53. The van der Waals surface area contributed by atoms with Crippen LogP contribution in [-0.4, -0.2) is 35.6 Å². The fourth-order valence-electron chi connectivity index (χ4n) is 3.50. The second kappa shape index (κ2) is 5.48. The normalized spacial score (nSPS) is 24.5. The van der Waals surface area contributed by atoms with Gasteiger partial charge in [0.05, 0.1) is 16.9 Å². The molecule has 1 aromatic rings. The van der Waals surface area contributed by atoms with Crippen LogP contribution in [0.2, 0.25) is 0 Å². The van der Waals surface area contributed by atoms with E-state index in [9.17, 15) is 9.90 Å². The Bertz CT molecular complexity index is 692. The van der Waals surface area contributed by atoms with E-state index in [1.807, 2.05) is 45.9 Å². The number of rotatable bonds is 1. The van der Waals surface area contributed by atoms with Gasteiger partial charge in [-0.05, 0) is 56.6 Å². The van der Waals surface area contributed by atoms with Crippen molar-refractivity contribution in [1.82, 2.24) is 0 Å². The predicted molar refractivity (Wildman–Crippen MR) is 99.6 cm³/mol. The molecule has 1 fully saturated rings. The molecule has 0 radical (unpaired) electrons. The molecule has 2 aliphatic rings. The van der Waals surface area contributed by atoms with E-state index in [-0.39, 0.29) is 11.5 Å². The van der Waals surface area contributed by atoms with Crippen LogP contribution in [0.3, 0.4) is 0 Å². The van der Waals surface area contributed by atoms with Gasteiger partial charge in [0.25, 0.3) is 0 Å². The molecule has 3 rings (SSSR count). The first-order chi connectivity index (χ1) is 11.3. The molecular formula is C19H28BNO4. The molecule has 1 unspecified atom stereocenters. The molecular weight excluding hydrogens is 317 g/mol.